The Bertz CT molecular complexity index is 729. The molecule has 3 rings (SSSR count). The molecule has 28 heavy (non-hydrogen) atoms. The molecule has 0 unspecified atom stereocenters. The van der Waals surface area contributed by atoms with E-state index in [1.54, 1.807) is 0 Å². The van der Waals surface area contributed by atoms with E-state index in [0.717, 1.165) is 57.1 Å². The largest absolute Gasteiger partial charge is 0.356 e. The number of likely N-dealkylation sites (tertiary alicyclic amines) is 1. The van der Waals surface area contributed by atoms with Crippen molar-refractivity contribution in [3.63, 3.8) is 0 Å². The van der Waals surface area contributed by atoms with Crippen LogP contribution in [-0.4, -0.2) is 53.6 Å². The second-order valence-corrected chi connectivity index (χ2v) is 7.07. The maximum absolute atomic E-state index is 4.43. The minimum absolute atomic E-state index is 0. The first-order chi connectivity index (χ1) is 13.2. The van der Waals surface area contributed by atoms with Gasteiger partial charge in [0.05, 0.1) is 5.69 Å². The van der Waals surface area contributed by atoms with Gasteiger partial charge >= 0.3 is 0 Å². The van der Waals surface area contributed by atoms with Crippen LogP contribution in [0.3, 0.4) is 0 Å². The average molecular weight is 494 g/mol. The van der Waals surface area contributed by atoms with Gasteiger partial charge < -0.3 is 10.6 Å². The molecule has 0 saturated carbocycles. The molecule has 1 saturated heterocycles. The second-order valence-electron chi connectivity index (χ2n) is 7.07. The van der Waals surface area contributed by atoms with E-state index >= 15 is 0 Å². The van der Waals surface area contributed by atoms with Crippen molar-refractivity contribution in [2.24, 2.45) is 4.99 Å². The summed E-state index contributed by atoms with van der Waals surface area (Å²) in [7, 11) is 1.84. The Morgan fingerprint density at radius 1 is 1.21 bits per heavy atom. The average Bonchev–Trinajstić information content (AvgIpc) is 2.71. The summed E-state index contributed by atoms with van der Waals surface area (Å²) in [5.41, 5.74) is 3.71. The van der Waals surface area contributed by atoms with E-state index in [9.17, 15) is 0 Å². The maximum Gasteiger partial charge on any atom is 0.191 e. The van der Waals surface area contributed by atoms with Crippen molar-refractivity contribution in [3.05, 3.63) is 59.7 Å². The Morgan fingerprint density at radius 3 is 2.71 bits per heavy atom. The lowest BCUT2D eigenvalue weighted by Gasteiger charge is -2.32. The molecule has 2 aromatic heterocycles. The summed E-state index contributed by atoms with van der Waals surface area (Å²) in [5.74, 6) is 0.893. The van der Waals surface area contributed by atoms with Gasteiger partial charge in [0.1, 0.15) is 0 Å². The van der Waals surface area contributed by atoms with Crippen molar-refractivity contribution >= 4 is 29.9 Å². The van der Waals surface area contributed by atoms with Crippen LogP contribution in [0, 0.1) is 6.92 Å². The Kier molecular flexibility index (Phi) is 9.63. The van der Waals surface area contributed by atoms with Crippen LogP contribution in [0.15, 0.2) is 47.8 Å². The molecule has 152 valence electrons. The number of halogens is 1. The molecule has 0 atom stereocenters. The van der Waals surface area contributed by atoms with Crippen molar-refractivity contribution in [2.75, 3.05) is 26.7 Å². The molecule has 2 aromatic rings. The van der Waals surface area contributed by atoms with Gasteiger partial charge in [0.25, 0.3) is 0 Å². The molecule has 1 aliphatic heterocycles. The minimum atomic E-state index is 0. The van der Waals surface area contributed by atoms with Crippen LogP contribution in [-0.2, 0) is 13.0 Å². The first-order valence-electron chi connectivity index (χ1n) is 9.73. The topological polar surface area (TPSA) is 65.4 Å². The SMILES string of the molecule is CN=C(NCCc1ccncc1C)NC1CCN(Cc2ccccn2)CC1.I. The van der Waals surface area contributed by atoms with E-state index in [4.69, 9.17) is 0 Å². The highest BCUT2D eigenvalue weighted by Gasteiger charge is 2.20. The molecular formula is C21H31IN6. The molecule has 1 fully saturated rings. The van der Waals surface area contributed by atoms with Gasteiger partial charge in [-0.3, -0.25) is 19.9 Å². The lowest BCUT2D eigenvalue weighted by atomic mass is 10.0. The third-order valence-corrected chi connectivity index (χ3v) is 5.09. The minimum Gasteiger partial charge on any atom is -0.356 e. The molecule has 7 heteroatoms. The summed E-state index contributed by atoms with van der Waals surface area (Å²) in [5, 5.41) is 7.01. The number of pyridine rings is 2. The third-order valence-electron chi connectivity index (χ3n) is 5.09. The lowest BCUT2D eigenvalue weighted by molar-refractivity contribution is 0.196. The predicted octanol–water partition coefficient (Wildman–Crippen LogP) is 2.78. The zero-order valence-corrected chi connectivity index (χ0v) is 19.1. The fourth-order valence-corrected chi connectivity index (χ4v) is 3.44. The zero-order chi connectivity index (χ0) is 18.9. The molecule has 0 amide bonds. The summed E-state index contributed by atoms with van der Waals surface area (Å²) >= 11 is 0. The fraction of sp³-hybridized carbons (Fsp3) is 0.476. The number of nitrogens with zero attached hydrogens (tertiary/aromatic N) is 4. The molecule has 0 bridgehead atoms. The van der Waals surface area contributed by atoms with Gasteiger partial charge in [-0.15, -0.1) is 24.0 Å². The van der Waals surface area contributed by atoms with E-state index in [-0.39, 0.29) is 24.0 Å². The summed E-state index contributed by atoms with van der Waals surface area (Å²) in [6.45, 7) is 6.08. The standard InChI is InChI=1S/C21H30N6.HI/c1-17-15-23-11-6-18(17)7-12-25-21(22-2)26-19-8-13-27(14-9-19)16-20-5-3-4-10-24-20;/h3-6,10-11,15,19H,7-9,12-14,16H2,1-2H3,(H2,22,25,26);1H. The summed E-state index contributed by atoms with van der Waals surface area (Å²) < 4.78 is 0. The zero-order valence-electron chi connectivity index (χ0n) is 16.8. The number of aliphatic imine (C=N–C) groups is 1. The Hall–Kier alpha value is -1.74. The summed E-state index contributed by atoms with van der Waals surface area (Å²) in [6, 6.07) is 8.68. The highest BCUT2D eigenvalue weighted by molar-refractivity contribution is 14.0. The number of nitrogens with one attached hydrogen (secondary N) is 2. The molecule has 2 N–H and O–H groups in total. The number of hydrogen-bond donors (Lipinski definition) is 2. The number of guanidine groups is 1. The molecule has 3 heterocycles. The van der Waals surface area contributed by atoms with Crippen LogP contribution in [0.25, 0.3) is 0 Å². The molecule has 1 aliphatic rings. The van der Waals surface area contributed by atoms with Gasteiger partial charge in [0.15, 0.2) is 5.96 Å². The van der Waals surface area contributed by atoms with Crippen LogP contribution in [0.4, 0.5) is 0 Å². The van der Waals surface area contributed by atoms with E-state index in [1.165, 1.54) is 11.1 Å². The molecule has 0 aliphatic carbocycles. The highest BCUT2D eigenvalue weighted by Crippen LogP contribution is 2.13. The van der Waals surface area contributed by atoms with Crippen molar-refractivity contribution in [3.8, 4) is 0 Å². The number of hydrogen-bond acceptors (Lipinski definition) is 4. The Morgan fingerprint density at radius 2 is 2.04 bits per heavy atom. The van der Waals surface area contributed by atoms with Crippen molar-refractivity contribution < 1.29 is 0 Å². The van der Waals surface area contributed by atoms with Crippen LogP contribution in [0.2, 0.25) is 0 Å². The van der Waals surface area contributed by atoms with Crippen molar-refractivity contribution in [2.45, 2.75) is 38.8 Å². The smallest absolute Gasteiger partial charge is 0.191 e. The molecule has 0 spiro atoms. The van der Waals surface area contributed by atoms with E-state index in [0.29, 0.717) is 6.04 Å². The van der Waals surface area contributed by atoms with Crippen LogP contribution in [0.1, 0.15) is 29.7 Å². The molecule has 0 radical (unpaired) electrons. The summed E-state index contributed by atoms with van der Waals surface area (Å²) in [4.78, 5) is 15.4. The predicted molar refractivity (Wildman–Crippen MR) is 125 cm³/mol. The second kappa shape index (κ2) is 12.0. The monoisotopic (exact) mass is 494 g/mol. The van der Waals surface area contributed by atoms with Crippen LogP contribution >= 0.6 is 24.0 Å². The van der Waals surface area contributed by atoms with Crippen LogP contribution in [0.5, 0.6) is 0 Å². The lowest BCUT2D eigenvalue weighted by Crippen LogP contribution is -2.48. The van der Waals surface area contributed by atoms with E-state index < -0.39 is 0 Å². The van der Waals surface area contributed by atoms with Gasteiger partial charge in [-0.25, -0.2) is 0 Å². The van der Waals surface area contributed by atoms with E-state index in [1.807, 2.05) is 31.7 Å². The number of aryl methyl sites for hydroxylation is 1. The van der Waals surface area contributed by atoms with Gasteiger partial charge in [-0.2, -0.15) is 0 Å². The van der Waals surface area contributed by atoms with Crippen molar-refractivity contribution in [1.82, 2.24) is 25.5 Å². The number of rotatable bonds is 6. The van der Waals surface area contributed by atoms with Gasteiger partial charge in [-0.05, 0) is 55.5 Å². The van der Waals surface area contributed by atoms with Gasteiger partial charge in [-0.1, -0.05) is 6.07 Å². The molecular weight excluding hydrogens is 463 g/mol. The fourth-order valence-electron chi connectivity index (χ4n) is 3.44. The molecule has 6 nitrogen and oxygen atoms in total. The van der Waals surface area contributed by atoms with Crippen molar-refractivity contribution in [1.29, 1.82) is 0 Å². The van der Waals surface area contributed by atoms with E-state index in [2.05, 4.69) is 55.6 Å². The number of aromatic nitrogens is 2. The van der Waals surface area contributed by atoms with Gasteiger partial charge in [0, 0.05) is 57.9 Å². The normalized spacial score (nSPS) is 15.7. The maximum atomic E-state index is 4.43. The molecule has 0 aromatic carbocycles. The number of piperidine rings is 1. The third kappa shape index (κ3) is 7.01. The van der Waals surface area contributed by atoms with Gasteiger partial charge in [0.2, 0.25) is 0 Å². The Balaban J connectivity index is 0.00000280. The highest BCUT2D eigenvalue weighted by atomic mass is 127. The first kappa shape index (κ1) is 22.5. The summed E-state index contributed by atoms with van der Waals surface area (Å²) in [6.07, 6.45) is 8.85. The quantitative estimate of drug-likeness (QED) is 0.368. The van der Waals surface area contributed by atoms with Crippen LogP contribution < -0.4 is 10.6 Å². The Labute approximate surface area is 185 Å². The first-order valence-corrected chi connectivity index (χ1v) is 9.73.